The van der Waals surface area contributed by atoms with E-state index in [0.29, 0.717) is 23.9 Å². The highest BCUT2D eigenvalue weighted by Crippen LogP contribution is 2.35. The van der Waals surface area contributed by atoms with Crippen molar-refractivity contribution in [3.05, 3.63) is 20.8 Å². The van der Waals surface area contributed by atoms with Crippen LogP contribution in [0.4, 0.5) is 0 Å². The zero-order valence-electron chi connectivity index (χ0n) is 15.7. The Bertz CT molecular complexity index is 964. The summed E-state index contributed by atoms with van der Waals surface area (Å²) in [5.74, 6) is 0.532. The maximum atomic E-state index is 13.2. The first-order valence-electron chi connectivity index (χ1n) is 9.59. The summed E-state index contributed by atoms with van der Waals surface area (Å²) in [6.07, 6.45) is 7.96. The van der Waals surface area contributed by atoms with Gasteiger partial charge in [0, 0.05) is 17.2 Å². The summed E-state index contributed by atoms with van der Waals surface area (Å²) in [5.41, 5.74) is 1.28. The van der Waals surface area contributed by atoms with Crippen molar-refractivity contribution in [1.82, 2.24) is 9.55 Å². The molecule has 0 amide bonds. The molecule has 0 saturated carbocycles. The third-order valence-corrected chi connectivity index (χ3v) is 7.94. The number of fused-ring (bicyclic) bond motifs is 3. The Morgan fingerprint density at radius 3 is 2.78 bits per heavy atom. The van der Waals surface area contributed by atoms with E-state index in [1.807, 2.05) is 4.57 Å². The Labute approximate surface area is 168 Å². The second kappa shape index (κ2) is 9.07. The smallest absolute Gasteiger partial charge is 0.263 e. The van der Waals surface area contributed by atoms with Crippen molar-refractivity contribution in [3.8, 4) is 0 Å². The van der Waals surface area contributed by atoms with Crippen LogP contribution in [0.15, 0.2) is 9.95 Å². The maximum absolute atomic E-state index is 13.2. The third-order valence-electron chi connectivity index (χ3n) is 4.83. The Balaban J connectivity index is 1.86. The molecule has 1 aliphatic carbocycles. The Morgan fingerprint density at radius 1 is 1.22 bits per heavy atom. The predicted octanol–water partition coefficient (Wildman–Crippen LogP) is 3.30. The van der Waals surface area contributed by atoms with Gasteiger partial charge in [-0.15, -0.1) is 11.3 Å². The van der Waals surface area contributed by atoms with Crippen LogP contribution in [0.1, 0.15) is 55.9 Å². The van der Waals surface area contributed by atoms with Crippen molar-refractivity contribution in [2.45, 2.75) is 70.0 Å². The lowest BCUT2D eigenvalue weighted by Gasteiger charge is -2.12. The molecule has 6 nitrogen and oxygen atoms in total. The number of nitrogens with two attached hydrogens (primary N) is 1. The van der Waals surface area contributed by atoms with Gasteiger partial charge in [0.25, 0.3) is 5.56 Å². The Morgan fingerprint density at radius 2 is 2.04 bits per heavy atom. The maximum Gasteiger partial charge on any atom is 0.263 e. The van der Waals surface area contributed by atoms with Gasteiger partial charge in [0.05, 0.1) is 11.1 Å². The highest BCUT2D eigenvalue weighted by Gasteiger charge is 2.23. The number of primary sulfonamides is 1. The van der Waals surface area contributed by atoms with E-state index in [1.54, 1.807) is 11.3 Å². The van der Waals surface area contributed by atoms with Gasteiger partial charge in [0.2, 0.25) is 10.0 Å². The van der Waals surface area contributed by atoms with Crippen molar-refractivity contribution in [2.24, 2.45) is 5.14 Å². The molecule has 0 aromatic carbocycles. The predicted molar refractivity (Wildman–Crippen MR) is 113 cm³/mol. The van der Waals surface area contributed by atoms with Crippen molar-refractivity contribution in [1.29, 1.82) is 0 Å². The summed E-state index contributed by atoms with van der Waals surface area (Å²) in [4.78, 5) is 20.2. The Hall–Kier alpha value is -0.900. The molecule has 0 radical (unpaired) electrons. The van der Waals surface area contributed by atoms with Gasteiger partial charge in [-0.2, -0.15) is 0 Å². The third kappa shape index (κ3) is 5.13. The fourth-order valence-corrected chi connectivity index (χ4v) is 6.48. The van der Waals surface area contributed by atoms with Crippen LogP contribution in [0.3, 0.4) is 0 Å². The number of sulfonamides is 1. The van der Waals surface area contributed by atoms with Crippen LogP contribution in [0, 0.1) is 0 Å². The van der Waals surface area contributed by atoms with Gasteiger partial charge in [-0.3, -0.25) is 9.36 Å². The molecule has 0 fully saturated rings. The summed E-state index contributed by atoms with van der Waals surface area (Å²) < 4.78 is 24.1. The van der Waals surface area contributed by atoms with E-state index >= 15 is 0 Å². The first-order chi connectivity index (χ1) is 12.9. The number of unbranched alkanes of at least 4 members (excludes halogenated alkanes) is 3. The summed E-state index contributed by atoms with van der Waals surface area (Å²) in [6.45, 7) is 2.84. The van der Waals surface area contributed by atoms with Gasteiger partial charge in [0.15, 0.2) is 5.16 Å². The number of thioether (sulfide) groups is 1. The van der Waals surface area contributed by atoms with Gasteiger partial charge < -0.3 is 0 Å². The second-order valence-electron chi connectivity index (χ2n) is 7.02. The average molecular weight is 430 g/mol. The Kier molecular flexibility index (Phi) is 6.99. The van der Waals surface area contributed by atoms with E-state index in [0.717, 1.165) is 55.2 Å². The zero-order valence-corrected chi connectivity index (χ0v) is 18.1. The molecule has 0 bridgehead atoms. The number of hydrogen-bond donors (Lipinski definition) is 1. The van der Waals surface area contributed by atoms with Crippen LogP contribution < -0.4 is 10.7 Å². The van der Waals surface area contributed by atoms with E-state index in [2.05, 4.69) is 6.92 Å². The molecular weight excluding hydrogens is 402 g/mol. The lowest BCUT2D eigenvalue weighted by molar-refractivity contribution is 0.531. The molecule has 150 valence electrons. The number of nitrogens with zero attached hydrogens (tertiary/aromatic N) is 2. The topological polar surface area (TPSA) is 95.1 Å². The number of hydrogen-bond acceptors (Lipinski definition) is 6. The van der Waals surface area contributed by atoms with Crippen LogP contribution in [0.2, 0.25) is 0 Å². The lowest BCUT2D eigenvalue weighted by Crippen LogP contribution is -2.24. The summed E-state index contributed by atoms with van der Waals surface area (Å²) in [7, 11) is -3.45. The largest absolute Gasteiger partial charge is 0.287 e. The summed E-state index contributed by atoms with van der Waals surface area (Å²) in [5, 5.41) is 6.60. The molecule has 1 aliphatic rings. The highest BCUT2D eigenvalue weighted by atomic mass is 32.2. The molecule has 0 saturated heterocycles. The van der Waals surface area contributed by atoms with E-state index in [4.69, 9.17) is 10.1 Å². The fourth-order valence-electron chi connectivity index (χ4n) is 3.49. The van der Waals surface area contributed by atoms with Gasteiger partial charge in [-0.25, -0.2) is 18.5 Å². The number of aromatic nitrogens is 2. The molecule has 3 rings (SSSR count). The van der Waals surface area contributed by atoms with Crippen LogP contribution in [0.5, 0.6) is 0 Å². The molecule has 0 spiro atoms. The molecule has 0 unspecified atom stereocenters. The van der Waals surface area contributed by atoms with Gasteiger partial charge >= 0.3 is 0 Å². The summed E-state index contributed by atoms with van der Waals surface area (Å²) in [6, 6.07) is 0. The van der Waals surface area contributed by atoms with Crippen LogP contribution >= 0.6 is 23.1 Å². The molecule has 2 aromatic rings. The quantitative estimate of drug-likeness (QED) is 0.355. The minimum Gasteiger partial charge on any atom is -0.287 e. The monoisotopic (exact) mass is 429 g/mol. The molecule has 0 aliphatic heterocycles. The van der Waals surface area contributed by atoms with Crippen molar-refractivity contribution >= 4 is 43.3 Å². The zero-order chi connectivity index (χ0) is 19.4. The highest BCUT2D eigenvalue weighted by molar-refractivity contribution is 7.99. The molecule has 9 heteroatoms. The van der Waals surface area contributed by atoms with E-state index in [9.17, 15) is 13.2 Å². The van der Waals surface area contributed by atoms with Crippen molar-refractivity contribution in [3.63, 3.8) is 0 Å². The van der Waals surface area contributed by atoms with E-state index < -0.39 is 10.0 Å². The van der Waals surface area contributed by atoms with E-state index in [-0.39, 0.29) is 11.3 Å². The van der Waals surface area contributed by atoms with Crippen LogP contribution in [0.25, 0.3) is 10.2 Å². The number of aryl methyl sites for hydroxylation is 2. The van der Waals surface area contributed by atoms with Crippen molar-refractivity contribution < 1.29 is 8.42 Å². The first-order valence-corrected chi connectivity index (χ1v) is 13.1. The number of thiophene rings is 1. The molecule has 2 heterocycles. The van der Waals surface area contributed by atoms with Gasteiger partial charge in [-0.1, -0.05) is 37.9 Å². The fraction of sp³-hybridized carbons (Fsp3) is 0.667. The van der Waals surface area contributed by atoms with Crippen LogP contribution in [-0.2, 0) is 29.4 Å². The van der Waals surface area contributed by atoms with Gasteiger partial charge in [0.1, 0.15) is 4.83 Å². The molecular formula is C18H27N3O3S3. The van der Waals surface area contributed by atoms with E-state index in [1.165, 1.54) is 22.2 Å². The standard InChI is InChI=1S/C18H27N3O3S3/c1-2-3-4-5-10-21-17(22)15-13-8-6-9-14(13)26-16(15)20-18(21)25-11-7-12-27(19,23)24/h2-12H2,1H3,(H2,19,23,24). The molecule has 2 aromatic heterocycles. The normalized spacial score (nSPS) is 14.1. The minimum absolute atomic E-state index is 0.0454. The molecule has 2 N–H and O–H groups in total. The lowest BCUT2D eigenvalue weighted by atomic mass is 10.2. The van der Waals surface area contributed by atoms with Crippen LogP contribution in [-0.4, -0.2) is 29.5 Å². The van der Waals surface area contributed by atoms with Gasteiger partial charge in [-0.05, 0) is 37.7 Å². The van der Waals surface area contributed by atoms with Crippen molar-refractivity contribution in [2.75, 3.05) is 11.5 Å². The summed E-state index contributed by atoms with van der Waals surface area (Å²) >= 11 is 3.10. The molecule has 0 atom stereocenters. The second-order valence-corrected chi connectivity index (χ2v) is 10.9. The minimum atomic E-state index is -3.45. The molecule has 27 heavy (non-hydrogen) atoms. The SMILES string of the molecule is CCCCCCn1c(SCCCS(N)(=O)=O)nc2sc3c(c2c1=O)CCC3. The number of rotatable bonds is 10. The first kappa shape index (κ1) is 20.8. The average Bonchev–Trinajstić information content (AvgIpc) is 3.17.